The molecule has 0 bridgehead atoms. The zero-order chi connectivity index (χ0) is 13.0. The largest absolute Gasteiger partial charge is 0.497 e. The molecule has 2 aromatic rings. The standard InChI is InChI=1S/C11H12N4O2S/c1-17-8-4-2-7(3-5-8)10(16)12-6-9-13-11(18)15-14-9/h2-5H,6H2,1H3,(H,12,16)(H2,13,14,15,18). The molecule has 0 atom stereocenters. The summed E-state index contributed by atoms with van der Waals surface area (Å²) in [4.78, 5) is 15.8. The first-order valence-corrected chi connectivity index (χ1v) is 5.65. The minimum absolute atomic E-state index is 0.181. The van der Waals surface area contributed by atoms with Crippen molar-refractivity contribution < 1.29 is 9.53 Å². The van der Waals surface area contributed by atoms with Gasteiger partial charge < -0.3 is 10.1 Å². The van der Waals surface area contributed by atoms with E-state index in [0.29, 0.717) is 21.9 Å². The van der Waals surface area contributed by atoms with Crippen LogP contribution in [0.4, 0.5) is 0 Å². The summed E-state index contributed by atoms with van der Waals surface area (Å²) in [5, 5.41) is 8.14. The fourth-order valence-corrected chi connectivity index (χ4v) is 1.56. The SMILES string of the molecule is COc1ccc(C(=O)NCc2nc(=S)[nH][nH]2)cc1. The van der Waals surface area contributed by atoms with Gasteiger partial charge in [-0.05, 0) is 36.5 Å². The summed E-state index contributed by atoms with van der Waals surface area (Å²) < 4.78 is 5.38. The number of aromatic amines is 2. The maximum Gasteiger partial charge on any atom is 0.251 e. The molecule has 1 heterocycles. The van der Waals surface area contributed by atoms with Gasteiger partial charge in [0, 0.05) is 5.56 Å². The van der Waals surface area contributed by atoms with Gasteiger partial charge in [0.25, 0.3) is 5.91 Å². The van der Waals surface area contributed by atoms with Gasteiger partial charge in [0.05, 0.1) is 13.7 Å². The van der Waals surface area contributed by atoms with Gasteiger partial charge in [-0.25, -0.2) is 4.98 Å². The highest BCUT2D eigenvalue weighted by Gasteiger charge is 2.06. The Bertz CT molecular complexity index is 588. The number of H-pyrrole nitrogens is 2. The molecule has 7 heteroatoms. The van der Waals surface area contributed by atoms with Crippen LogP contribution in [-0.4, -0.2) is 28.2 Å². The van der Waals surface area contributed by atoms with E-state index in [-0.39, 0.29) is 12.5 Å². The van der Waals surface area contributed by atoms with E-state index in [1.54, 1.807) is 31.4 Å². The number of aromatic nitrogens is 3. The monoisotopic (exact) mass is 264 g/mol. The molecule has 0 unspecified atom stereocenters. The molecule has 3 N–H and O–H groups in total. The van der Waals surface area contributed by atoms with Crippen LogP contribution in [0.15, 0.2) is 24.3 Å². The third-order valence-electron chi connectivity index (χ3n) is 2.32. The normalized spacial score (nSPS) is 10.1. The van der Waals surface area contributed by atoms with Crippen LogP contribution in [0.3, 0.4) is 0 Å². The summed E-state index contributed by atoms with van der Waals surface area (Å²) in [5.41, 5.74) is 0.560. The number of methoxy groups -OCH3 is 1. The summed E-state index contributed by atoms with van der Waals surface area (Å²) in [5.74, 6) is 1.12. The maximum atomic E-state index is 11.8. The van der Waals surface area contributed by atoms with Crippen LogP contribution in [0.5, 0.6) is 5.75 Å². The Morgan fingerprint density at radius 2 is 2.11 bits per heavy atom. The van der Waals surface area contributed by atoms with Gasteiger partial charge in [0.2, 0.25) is 4.77 Å². The zero-order valence-corrected chi connectivity index (χ0v) is 10.5. The van der Waals surface area contributed by atoms with Crippen molar-refractivity contribution in [3.63, 3.8) is 0 Å². The van der Waals surface area contributed by atoms with Gasteiger partial charge >= 0.3 is 0 Å². The molecule has 1 amide bonds. The molecule has 0 aliphatic heterocycles. The predicted octanol–water partition coefficient (Wildman–Crippen LogP) is 1.41. The predicted molar refractivity (Wildman–Crippen MR) is 67.9 cm³/mol. The van der Waals surface area contributed by atoms with Crippen molar-refractivity contribution in [1.82, 2.24) is 20.5 Å². The van der Waals surface area contributed by atoms with Gasteiger partial charge in [-0.1, -0.05) is 0 Å². The van der Waals surface area contributed by atoms with E-state index < -0.39 is 0 Å². The Labute approximate surface area is 108 Å². The van der Waals surface area contributed by atoms with Crippen LogP contribution in [0.2, 0.25) is 0 Å². The quantitative estimate of drug-likeness (QED) is 0.729. The van der Waals surface area contributed by atoms with Gasteiger partial charge in [0.15, 0.2) is 0 Å². The van der Waals surface area contributed by atoms with Crippen LogP contribution in [0.1, 0.15) is 16.2 Å². The first-order valence-electron chi connectivity index (χ1n) is 5.25. The first kappa shape index (κ1) is 12.3. The van der Waals surface area contributed by atoms with E-state index in [9.17, 15) is 4.79 Å². The van der Waals surface area contributed by atoms with Crippen LogP contribution in [-0.2, 0) is 6.54 Å². The lowest BCUT2D eigenvalue weighted by atomic mass is 10.2. The molecule has 1 aromatic carbocycles. The number of carbonyl (C=O) groups is 1. The van der Waals surface area contributed by atoms with E-state index in [4.69, 9.17) is 17.0 Å². The molecule has 0 saturated carbocycles. The molecule has 18 heavy (non-hydrogen) atoms. The van der Waals surface area contributed by atoms with Crippen molar-refractivity contribution in [2.45, 2.75) is 6.54 Å². The van der Waals surface area contributed by atoms with E-state index in [1.165, 1.54) is 0 Å². The molecule has 0 aliphatic rings. The Morgan fingerprint density at radius 1 is 1.39 bits per heavy atom. The third-order valence-corrected chi connectivity index (χ3v) is 2.51. The topological polar surface area (TPSA) is 82.8 Å². The minimum atomic E-state index is -0.181. The van der Waals surface area contributed by atoms with Crippen molar-refractivity contribution in [1.29, 1.82) is 0 Å². The van der Waals surface area contributed by atoms with Gasteiger partial charge in [-0.3, -0.25) is 15.0 Å². The molecule has 94 valence electrons. The van der Waals surface area contributed by atoms with Crippen molar-refractivity contribution in [3.8, 4) is 5.75 Å². The Morgan fingerprint density at radius 3 is 2.67 bits per heavy atom. The molecule has 0 fully saturated rings. The number of ether oxygens (including phenoxy) is 1. The van der Waals surface area contributed by atoms with Crippen LogP contribution in [0.25, 0.3) is 0 Å². The summed E-state index contributed by atoms with van der Waals surface area (Å²) in [7, 11) is 1.58. The fourth-order valence-electron chi connectivity index (χ4n) is 1.40. The van der Waals surface area contributed by atoms with Gasteiger partial charge in [0.1, 0.15) is 11.6 Å². The average Bonchev–Trinajstić information content (AvgIpc) is 2.82. The van der Waals surface area contributed by atoms with E-state index >= 15 is 0 Å². The number of nitrogens with one attached hydrogen (secondary N) is 3. The Balaban J connectivity index is 1.96. The van der Waals surface area contributed by atoms with E-state index in [2.05, 4.69) is 20.5 Å². The number of amides is 1. The number of carbonyl (C=O) groups excluding carboxylic acids is 1. The molecule has 1 aromatic heterocycles. The maximum absolute atomic E-state index is 11.8. The van der Waals surface area contributed by atoms with Crippen molar-refractivity contribution in [2.75, 3.05) is 7.11 Å². The van der Waals surface area contributed by atoms with Crippen LogP contribution >= 0.6 is 12.2 Å². The van der Waals surface area contributed by atoms with Crippen molar-refractivity contribution in [3.05, 3.63) is 40.4 Å². The number of benzene rings is 1. The lowest BCUT2D eigenvalue weighted by Crippen LogP contribution is -2.23. The number of nitrogens with zero attached hydrogens (tertiary/aromatic N) is 1. The molecule has 6 nitrogen and oxygen atoms in total. The van der Waals surface area contributed by atoms with Gasteiger partial charge in [-0.15, -0.1) is 0 Å². The summed E-state index contributed by atoms with van der Waals surface area (Å²) in [6.45, 7) is 0.290. The Hall–Kier alpha value is -2.15. The molecular formula is C11H12N4O2S. The van der Waals surface area contributed by atoms with E-state index in [1.807, 2.05) is 0 Å². The second kappa shape index (κ2) is 5.46. The smallest absolute Gasteiger partial charge is 0.251 e. The molecule has 0 saturated heterocycles. The second-order valence-electron chi connectivity index (χ2n) is 3.52. The fraction of sp³-hybridized carbons (Fsp3) is 0.182. The highest BCUT2D eigenvalue weighted by Crippen LogP contribution is 2.11. The first-order chi connectivity index (χ1) is 8.69. The second-order valence-corrected chi connectivity index (χ2v) is 3.91. The highest BCUT2D eigenvalue weighted by molar-refractivity contribution is 7.71. The number of hydrogen-bond acceptors (Lipinski definition) is 4. The number of hydrogen-bond donors (Lipinski definition) is 3. The third kappa shape index (κ3) is 2.95. The van der Waals surface area contributed by atoms with Crippen LogP contribution < -0.4 is 10.1 Å². The number of rotatable bonds is 4. The average molecular weight is 264 g/mol. The van der Waals surface area contributed by atoms with Crippen molar-refractivity contribution in [2.24, 2.45) is 0 Å². The summed E-state index contributed by atoms with van der Waals surface area (Å²) in [6, 6.07) is 6.86. The Kier molecular flexibility index (Phi) is 3.73. The summed E-state index contributed by atoms with van der Waals surface area (Å²) in [6.07, 6.45) is 0. The van der Waals surface area contributed by atoms with Gasteiger partial charge in [-0.2, -0.15) is 0 Å². The molecule has 0 radical (unpaired) electrons. The van der Waals surface area contributed by atoms with Crippen LogP contribution in [0, 0.1) is 4.77 Å². The lowest BCUT2D eigenvalue weighted by Gasteiger charge is -2.04. The molecular weight excluding hydrogens is 252 g/mol. The zero-order valence-electron chi connectivity index (χ0n) is 9.69. The lowest BCUT2D eigenvalue weighted by molar-refractivity contribution is 0.0950. The molecule has 0 aliphatic carbocycles. The molecule has 2 rings (SSSR count). The highest BCUT2D eigenvalue weighted by atomic mass is 32.1. The van der Waals surface area contributed by atoms with Crippen molar-refractivity contribution >= 4 is 18.1 Å². The van der Waals surface area contributed by atoms with E-state index in [0.717, 1.165) is 0 Å². The summed E-state index contributed by atoms with van der Waals surface area (Å²) >= 11 is 4.81. The molecule has 0 spiro atoms. The minimum Gasteiger partial charge on any atom is -0.497 e.